The van der Waals surface area contributed by atoms with Crippen molar-refractivity contribution >= 4 is 0 Å². The molecule has 0 spiro atoms. The maximum Gasteiger partial charge on any atom is 0.0335 e. The predicted octanol–water partition coefficient (Wildman–Crippen LogP) is 2.98. The highest BCUT2D eigenvalue weighted by Crippen LogP contribution is 2.36. The first-order chi connectivity index (χ1) is 11.5. The van der Waals surface area contributed by atoms with Gasteiger partial charge in [0.15, 0.2) is 0 Å². The van der Waals surface area contributed by atoms with Crippen molar-refractivity contribution in [1.29, 1.82) is 0 Å². The highest BCUT2D eigenvalue weighted by atomic mass is 15.4. The lowest BCUT2D eigenvalue weighted by atomic mass is 9.77. The monoisotopic (exact) mass is 352 g/mol. The molecule has 2 saturated heterocycles. The molecule has 4 heteroatoms. The van der Waals surface area contributed by atoms with Gasteiger partial charge in [0.25, 0.3) is 0 Å². The van der Waals surface area contributed by atoms with E-state index in [0.717, 1.165) is 0 Å². The third kappa shape index (κ3) is 4.23. The normalized spacial score (nSPS) is 26.8. The molecular formula is C21H44N4. The first-order valence-electron chi connectivity index (χ1n) is 10.5. The largest absolute Gasteiger partial charge is 0.298 e. The molecular weight excluding hydrogens is 308 g/mol. The van der Waals surface area contributed by atoms with Gasteiger partial charge in [0.2, 0.25) is 0 Å². The third-order valence-electron chi connectivity index (χ3n) is 7.44. The molecule has 1 atom stereocenters. The molecule has 2 heterocycles. The molecule has 0 aliphatic carbocycles. The van der Waals surface area contributed by atoms with Gasteiger partial charge in [-0.1, -0.05) is 0 Å². The van der Waals surface area contributed by atoms with Crippen molar-refractivity contribution in [2.24, 2.45) is 0 Å². The van der Waals surface area contributed by atoms with Crippen molar-refractivity contribution in [3.8, 4) is 0 Å². The first kappa shape index (κ1) is 21.1. The summed E-state index contributed by atoms with van der Waals surface area (Å²) in [4.78, 5) is 10.8. The minimum absolute atomic E-state index is 0.162. The van der Waals surface area contributed by atoms with Gasteiger partial charge in [-0.05, 0) is 62.3 Å². The Morgan fingerprint density at radius 2 is 1.16 bits per heavy atom. The van der Waals surface area contributed by atoms with Crippen LogP contribution in [0.5, 0.6) is 0 Å². The van der Waals surface area contributed by atoms with Crippen LogP contribution in [0.1, 0.15) is 62.3 Å². The van der Waals surface area contributed by atoms with Gasteiger partial charge in [0, 0.05) is 75.0 Å². The zero-order chi connectivity index (χ0) is 19.0. The van der Waals surface area contributed by atoms with Gasteiger partial charge in [-0.25, -0.2) is 0 Å². The summed E-state index contributed by atoms with van der Waals surface area (Å²) in [5, 5.41) is 0. The average molecular weight is 353 g/mol. The van der Waals surface area contributed by atoms with Crippen LogP contribution in [0.25, 0.3) is 0 Å². The number of rotatable bonds is 5. The van der Waals surface area contributed by atoms with Crippen molar-refractivity contribution in [1.82, 2.24) is 19.6 Å². The molecule has 1 unspecified atom stereocenters. The number of hydrogen-bond donors (Lipinski definition) is 0. The summed E-state index contributed by atoms with van der Waals surface area (Å²) in [6, 6.07) is 1.94. The molecule has 0 aromatic carbocycles. The second-order valence-electron chi connectivity index (χ2n) is 9.87. The molecule has 0 bridgehead atoms. The second kappa shape index (κ2) is 7.84. The van der Waals surface area contributed by atoms with Gasteiger partial charge in [0.1, 0.15) is 0 Å². The highest BCUT2D eigenvalue weighted by molar-refractivity contribution is 5.06. The van der Waals surface area contributed by atoms with Gasteiger partial charge in [-0.3, -0.25) is 19.6 Å². The van der Waals surface area contributed by atoms with Crippen LogP contribution in [0, 0.1) is 0 Å². The fraction of sp³-hybridized carbons (Fsp3) is 1.00. The molecule has 0 radical (unpaired) electrons. The smallest absolute Gasteiger partial charge is 0.0335 e. The third-order valence-corrected chi connectivity index (χ3v) is 7.44. The first-order valence-corrected chi connectivity index (χ1v) is 10.5. The summed E-state index contributed by atoms with van der Waals surface area (Å²) in [7, 11) is 0. The van der Waals surface area contributed by atoms with Crippen molar-refractivity contribution in [3.63, 3.8) is 0 Å². The lowest BCUT2D eigenvalue weighted by Gasteiger charge is -2.59. The van der Waals surface area contributed by atoms with Crippen molar-refractivity contribution in [2.75, 3.05) is 45.8 Å². The zero-order valence-electron chi connectivity index (χ0n) is 18.5. The summed E-state index contributed by atoms with van der Waals surface area (Å²) in [5.41, 5.74) is 0.333. The fourth-order valence-corrected chi connectivity index (χ4v) is 4.82. The summed E-state index contributed by atoms with van der Waals surface area (Å²) in [5.74, 6) is 0. The van der Waals surface area contributed by atoms with Crippen LogP contribution >= 0.6 is 0 Å². The molecule has 2 rings (SSSR count). The fourth-order valence-electron chi connectivity index (χ4n) is 4.82. The van der Waals surface area contributed by atoms with Crippen LogP contribution in [0.15, 0.2) is 0 Å². The van der Waals surface area contributed by atoms with Crippen LogP contribution < -0.4 is 0 Å². The minimum atomic E-state index is 0.162. The lowest BCUT2D eigenvalue weighted by molar-refractivity contribution is -0.0914. The summed E-state index contributed by atoms with van der Waals surface area (Å²) in [6.07, 6.45) is 0. The average Bonchev–Trinajstić information content (AvgIpc) is 2.54. The Labute approximate surface area is 157 Å². The van der Waals surface area contributed by atoms with Crippen molar-refractivity contribution in [2.45, 2.75) is 91.5 Å². The van der Waals surface area contributed by atoms with Crippen LogP contribution in [0.4, 0.5) is 0 Å². The van der Waals surface area contributed by atoms with Gasteiger partial charge in [-0.2, -0.15) is 0 Å². The number of nitrogens with zero attached hydrogens (tertiary/aromatic N) is 4. The van der Waals surface area contributed by atoms with Gasteiger partial charge in [0.05, 0.1) is 0 Å². The summed E-state index contributed by atoms with van der Waals surface area (Å²) < 4.78 is 0. The van der Waals surface area contributed by atoms with Crippen molar-refractivity contribution < 1.29 is 0 Å². The molecule has 2 aliphatic rings. The Morgan fingerprint density at radius 3 is 1.60 bits per heavy atom. The van der Waals surface area contributed by atoms with E-state index in [9.17, 15) is 0 Å². The van der Waals surface area contributed by atoms with Crippen molar-refractivity contribution in [3.05, 3.63) is 0 Å². The lowest BCUT2D eigenvalue weighted by Crippen LogP contribution is -2.72. The van der Waals surface area contributed by atoms with E-state index in [1.54, 1.807) is 0 Å². The van der Waals surface area contributed by atoms with Crippen LogP contribution in [0.2, 0.25) is 0 Å². The Hall–Kier alpha value is -0.160. The van der Waals surface area contributed by atoms with Crippen LogP contribution in [0.3, 0.4) is 0 Å². The topological polar surface area (TPSA) is 13.0 Å². The maximum atomic E-state index is 2.78. The number of piperazine rings is 2. The second-order valence-corrected chi connectivity index (χ2v) is 9.87. The van der Waals surface area contributed by atoms with E-state index >= 15 is 0 Å². The molecule has 148 valence electrons. The standard InChI is InChI=1S/C21H44N4/c1-17(2)22-10-13-24(14-11-22)20(6,7)21(8,9)25-15-12-23(18(3)4)16-19(25)5/h17-19H,10-16H2,1-9H3. The molecule has 0 saturated carbocycles. The highest BCUT2D eigenvalue weighted by Gasteiger charge is 2.48. The molecule has 0 aromatic heterocycles. The molecule has 2 fully saturated rings. The minimum Gasteiger partial charge on any atom is -0.298 e. The Kier molecular flexibility index (Phi) is 6.63. The summed E-state index contributed by atoms with van der Waals surface area (Å²) >= 11 is 0. The van der Waals surface area contributed by atoms with E-state index in [4.69, 9.17) is 0 Å². The maximum absolute atomic E-state index is 2.78. The van der Waals surface area contributed by atoms with Gasteiger partial charge in [-0.15, -0.1) is 0 Å². The molecule has 2 aliphatic heterocycles. The Balaban J connectivity index is 2.07. The van der Waals surface area contributed by atoms with E-state index in [1.807, 2.05) is 0 Å². The van der Waals surface area contributed by atoms with Gasteiger partial charge < -0.3 is 0 Å². The van der Waals surface area contributed by atoms with Gasteiger partial charge >= 0.3 is 0 Å². The number of hydrogen-bond acceptors (Lipinski definition) is 4. The Morgan fingerprint density at radius 1 is 0.680 bits per heavy atom. The SMILES string of the molecule is CC(C)N1CCN(C(C)(C)C(C)(C)N2CCN(C(C)C)CC2C)CC1. The molecule has 0 aromatic rings. The predicted molar refractivity (Wildman–Crippen MR) is 109 cm³/mol. The Bertz CT molecular complexity index is 422. The quantitative estimate of drug-likeness (QED) is 0.754. The zero-order valence-corrected chi connectivity index (χ0v) is 18.5. The molecule has 0 amide bonds. The summed E-state index contributed by atoms with van der Waals surface area (Å²) in [6.45, 7) is 30.0. The molecule has 4 nitrogen and oxygen atoms in total. The van der Waals surface area contributed by atoms with E-state index in [0.29, 0.717) is 18.1 Å². The van der Waals surface area contributed by atoms with E-state index in [1.165, 1.54) is 45.8 Å². The van der Waals surface area contributed by atoms with E-state index in [-0.39, 0.29) is 11.1 Å². The molecule has 25 heavy (non-hydrogen) atoms. The van der Waals surface area contributed by atoms with E-state index < -0.39 is 0 Å². The van der Waals surface area contributed by atoms with Crippen LogP contribution in [-0.2, 0) is 0 Å². The van der Waals surface area contributed by atoms with Crippen LogP contribution in [-0.4, -0.2) is 94.6 Å². The molecule has 0 N–H and O–H groups in total. The van der Waals surface area contributed by atoms with E-state index in [2.05, 4.69) is 81.9 Å².